The molecule has 0 saturated heterocycles. The molecule has 0 amide bonds. The highest BCUT2D eigenvalue weighted by Gasteiger charge is 2.10. The normalized spacial score (nSPS) is 11.2. The van der Waals surface area contributed by atoms with Crippen molar-refractivity contribution in [2.75, 3.05) is 0 Å². The Labute approximate surface area is 130 Å². The Balaban J connectivity index is 1.88. The van der Waals surface area contributed by atoms with Crippen LogP contribution in [0.3, 0.4) is 0 Å². The molecule has 1 aromatic carbocycles. The van der Waals surface area contributed by atoms with E-state index in [4.69, 9.17) is 23.2 Å². The van der Waals surface area contributed by atoms with Crippen LogP contribution in [0.4, 0.5) is 0 Å². The number of nitrogens with zero attached hydrogens (tertiary/aromatic N) is 4. The first-order valence-electron chi connectivity index (χ1n) is 5.86. The van der Waals surface area contributed by atoms with Crippen molar-refractivity contribution in [3.05, 3.63) is 46.5 Å². The van der Waals surface area contributed by atoms with Crippen molar-refractivity contribution in [3.63, 3.8) is 0 Å². The lowest BCUT2D eigenvalue weighted by atomic mass is 10.4. The van der Waals surface area contributed by atoms with Gasteiger partial charge in [-0.1, -0.05) is 35.3 Å². The molecule has 0 radical (unpaired) electrons. The zero-order chi connectivity index (χ0) is 14.1. The molecule has 2 aromatic heterocycles. The monoisotopic (exact) mass is 324 g/mol. The summed E-state index contributed by atoms with van der Waals surface area (Å²) in [4.78, 5) is 9.78. The standard InChI is InChI=1S/C13H10Cl2N4S/c1-19-13-8(6-16-19)12(15)17-11(18-13)7-20-10-5-3-2-4-9(10)14/h2-6H,7H2,1H3. The van der Waals surface area contributed by atoms with Crippen molar-refractivity contribution in [2.24, 2.45) is 7.05 Å². The Morgan fingerprint density at radius 2 is 2.00 bits per heavy atom. The van der Waals surface area contributed by atoms with E-state index in [1.807, 2.05) is 31.3 Å². The number of benzene rings is 1. The number of aryl methyl sites for hydroxylation is 1. The predicted octanol–water partition coefficient (Wildman–Crippen LogP) is 3.96. The van der Waals surface area contributed by atoms with Crippen LogP contribution in [0.2, 0.25) is 10.2 Å². The van der Waals surface area contributed by atoms with Crippen LogP contribution in [0.25, 0.3) is 11.0 Å². The summed E-state index contributed by atoms with van der Waals surface area (Å²) in [7, 11) is 1.83. The van der Waals surface area contributed by atoms with E-state index in [0.717, 1.165) is 21.0 Å². The Hall–Kier alpha value is -1.30. The Morgan fingerprint density at radius 3 is 2.80 bits per heavy atom. The van der Waals surface area contributed by atoms with Crippen LogP contribution < -0.4 is 0 Å². The van der Waals surface area contributed by atoms with Crippen LogP contribution in [-0.4, -0.2) is 19.7 Å². The van der Waals surface area contributed by atoms with E-state index < -0.39 is 0 Å². The second-order valence-corrected chi connectivity index (χ2v) is 5.94. The van der Waals surface area contributed by atoms with Crippen molar-refractivity contribution in [1.82, 2.24) is 19.7 Å². The fourth-order valence-electron chi connectivity index (χ4n) is 1.80. The van der Waals surface area contributed by atoms with Gasteiger partial charge in [-0.25, -0.2) is 9.97 Å². The van der Waals surface area contributed by atoms with Crippen molar-refractivity contribution in [2.45, 2.75) is 10.6 Å². The van der Waals surface area contributed by atoms with Gasteiger partial charge in [0.2, 0.25) is 0 Å². The average molecular weight is 325 g/mol. The molecule has 0 aliphatic rings. The van der Waals surface area contributed by atoms with Gasteiger partial charge in [-0.3, -0.25) is 4.68 Å². The largest absolute Gasteiger partial charge is 0.250 e. The molecule has 0 aliphatic heterocycles. The van der Waals surface area contributed by atoms with Gasteiger partial charge in [0.05, 0.1) is 22.4 Å². The number of hydrogen-bond acceptors (Lipinski definition) is 4. The van der Waals surface area contributed by atoms with Gasteiger partial charge in [0, 0.05) is 11.9 Å². The zero-order valence-corrected chi connectivity index (χ0v) is 12.9. The second-order valence-electron chi connectivity index (χ2n) is 4.16. The maximum Gasteiger partial charge on any atom is 0.162 e. The molecule has 0 spiro atoms. The summed E-state index contributed by atoms with van der Waals surface area (Å²) in [5, 5.41) is 6.05. The Morgan fingerprint density at radius 1 is 1.20 bits per heavy atom. The number of fused-ring (bicyclic) bond motifs is 1. The van der Waals surface area contributed by atoms with E-state index >= 15 is 0 Å². The van der Waals surface area contributed by atoms with Gasteiger partial charge >= 0.3 is 0 Å². The molecule has 0 fully saturated rings. The first-order valence-corrected chi connectivity index (χ1v) is 7.61. The maximum absolute atomic E-state index is 6.15. The number of halogens is 2. The van der Waals surface area contributed by atoms with Crippen molar-refractivity contribution < 1.29 is 0 Å². The molecule has 102 valence electrons. The zero-order valence-electron chi connectivity index (χ0n) is 10.5. The molecule has 0 aliphatic carbocycles. The highest BCUT2D eigenvalue weighted by atomic mass is 35.5. The van der Waals surface area contributed by atoms with Gasteiger partial charge in [0.25, 0.3) is 0 Å². The summed E-state index contributed by atoms with van der Waals surface area (Å²) in [6, 6.07) is 7.69. The van der Waals surface area contributed by atoms with E-state index in [2.05, 4.69) is 15.1 Å². The highest BCUT2D eigenvalue weighted by molar-refractivity contribution is 7.98. The number of rotatable bonds is 3. The minimum Gasteiger partial charge on any atom is -0.250 e. The van der Waals surface area contributed by atoms with Gasteiger partial charge < -0.3 is 0 Å². The molecule has 0 atom stereocenters. The van der Waals surface area contributed by atoms with E-state index in [1.54, 1.807) is 22.6 Å². The third kappa shape index (κ3) is 2.61. The van der Waals surface area contributed by atoms with Crippen molar-refractivity contribution >= 4 is 46.0 Å². The summed E-state index contributed by atoms with van der Waals surface area (Å²) >= 11 is 13.9. The lowest BCUT2D eigenvalue weighted by Crippen LogP contribution is -1.98. The van der Waals surface area contributed by atoms with Gasteiger partial charge in [0.15, 0.2) is 5.65 Å². The molecule has 3 rings (SSSR count). The number of aromatic nitrogens is 4. The number of hydrogen-bond donors (Lipinski definition) is 0. The molecule has 0 N–H and O–H groups in total. The lowest BCUT2D eigenvalue weighted by molar-refractivity contribution is 0.782. The highest BCUT2D eigenvalue weighted by Crippen LogP contribution is 2.29. The summed E-state index contributed by atoms with van der Waals surface area (Å²) in [6.45, 7) is 0. The van der Waals surface area contributed by atoms with E-state index in [-0.39, 0.29) is 0 Å². The van der Waals surface area contributed by atoms with Crippen LogP contribution >= 0.6 is 35.0 Å². The van der Waals surface area contributed by atoms with Crippen LogP contribution in [0, 0.1) is 0 Å². The van der Waals surface area contributed by atoms with Gasteiger partial charge in [-0.05, 0) is 12.1 Å². The molecule has 0 unspecified atom stereocenters. The second kappa shape index (κ2) is 5.60. The summed E-state index contributed by atoms with van der Waals surface area (Å²) in [5.41, 5.74) is 0.736. The predicted molar refractivity (Wildman–Crippen MR) is 82.3 cm³/mol. The average Bonchev–Trinajstić information content (AvgIpc) is 2.80. The quantitative estimate of drug-likeness (QED) is 0.540. The first-order chi connectivity index (χ1) is 9.65. The molecule has 0 saturated carbocycles. The summed E-state index contributed by atoms with van der Waals surface area (Å²) < 4.78 is 1.69. The minimum atomic E-state index is 0.429. The van der Waals surface area contributed by atoms with Gasteiger partial charge in [0.1, 0.15) is 11.0 Å². The van der Waals surface area contributed by atoms with Crippen LogP contribution in [0.5, 0.6) is 0 Å². The van der Waals surface area contributed by atoms with Crippen LogP contribution in [0.1, 0.15) is 5.82 Å². The Bertz CT molecular complexity index is 772. The molecular formula is C13H10Cl2N4S. The Kier molecular flexibility index (Phi) is 3.83. The minimum absolute atomic E-state index is 0.429. The SMILES string of the molecule is Cn1ncc2c(Cl)nc(CSc3ccccc3Cl)nc21. The molecule has 0 bridgehead atoms. The van der Waals surface area contributed by atoms with Crippen LogP contribution in [-0.2, 0) is 12.8 Å². The topological polar surface area (TPSA) is 43.6 Å². The maximum atomic E-state index is 6.15. The third-order valence-electron chi connectivity index (χ3n) is 2.79. The molecule has 2 heterocycles. The van der Waals surface area contributed by atoms with E-state index in [0.29, 0.717) is 16.7 Å². The van der Waals surface area contributed by atoms with Crippen molar-refractivity contribution in [1.29, 1.82) is 0 Å². The third-order valence-corrected chi connectivity index (χ3v) is 4.58. The fourth-order valence-corrected chi connectivity index (χ4v) is 3.12. The first kappa shape index (κ1) is 13.7. The molecule has 3 aromatic rings. The van der Waals surface area contributed by atoms with Gasteiger partial charge in [-0.15, -0.1) is 11.8 Å². The van der Waals surface area contributed by atoms with Gasteiger partial charge in [-0.2, -0.15) is 5.10 Å². The van der Waals surface area contributed by atoms with E-state index in [1.165, 1.54) is 0 Å². The summed E-state index contributed by atoms with van der Waals surface area (Å²) in [5.74, 6) is 1.26. The summed E-state index contributed by atoms with van der Waals surface area (Å²) in [6.07, 6.45) is 1.67. The molecule has 20 heavy (non-hydrogen) atoms. The molecular weight excluding hydrogens is 315 g/mol. The smallest absolute Gasteiger partial charge is 0.162 e. The fraction of sp³-hybridized carbons (Fsp3) is 0.154. The number of thioether (sulfide) groups is 1. The van der Waals surface area contributed by atoms with E-state index in [9.17, 15) is 0 Å². The van der Waals surface area contributed by atoms with Crippen molar-refractivity contribution in [3.8, 4) is 0 Å². The van der Waals surface area contributed by atoms with Crippen LogP contribution in [0.15, 0.2) is 35.4 Å². The lowest BCUT2D eigenvalue weighted by Gasteiger charge is -2.04. The molecule has 4 nitrogen and oxygen atoms in total. The molecule has 7 heteroatoms.